The second-order valence-corrected chi connectivity index (χ2v) is 5.77. The standard InChI is InChI=1S/C17H14N2O3S/c18-14-4-2-1-3-13(14)11-5-7-12(8-6-11)22-9-16-19-15(10-23-16)17(20)21/h1-8,10H,9,18H2,(H,20,21). The summed E-state index contributed by atoms with van der Waals surface area (Å²) < 4.78 is 5.63. The van der Waals surface area contributed by atoms with Gasteiger partial charge in [-0.05, 0) is 23.8 Å². The summed E-state index contributed by atoms with van der Waals surface area (Å²) in [6.07, 6.45) is 0. The van der Waals surface area contributed by atoms with Crippen LogP contribution in [0.4, 0.5) is 5.69 Å². The third-order valence-corrected chi connectivity index (χ3v) is 4.08. The number of nitrogens with zero attached hydrogens (tertiary/aromatic N) is 1. The van der Waals surface area contributed by atoms with Crippen LogP contribution in [-0.4, -0.2) is 16.1 Å². The molecule has 6 heteroatoms. The van der Waals surface area contributed by atoms with Crippen LogP contribution in [0.25, 0.3) is 11.1 Å². The van der Waals surface area contributed by atoms with E-state index in [-0.39, 0.29) is 12.3 Å². The summed E-state index contributed by atoms with van der Waals surface area (Å²) in [7, 11) is 0. The molecule has 3 aromatic rings. The predicted molar refractivity (Wildman–Crippen MR) is 89.7 cm³/mol. The fraction of sp³-hybridized carbons (Fsp3) is 0.0588. The number of carboxylic acids is 1. The van der Waals surface area contributed by atoms with Crippen molar-refractivity contribution in [1.82, 2.24) is 4.98 Å². The summed E-state index contributed by atoms with van der Waals surface area (Å²) in [6, 6.07) is 15.3. The zero-order valence-electron chi connectivity index (χ0n) is 12.1. The first-order valence-electron chi connectivity index (χ1n) is 6.89. The van der Waals surface area contributed by atoms with Gasteiger partial charge in [0.15, 0.2) is 5.69 Å². The van der Waals surface area contributed by atoms with Crippen molar-refractivity contribution in [2.45, 2.75) is 6.61 Å². The average Bonchev–Trinajstić information content (AvgIpc) is 3.03. The molecule has 0 atom stereocenters. The number of anilines is 1. The van der Waals surface area contributed by atoms with E-state index in [9.17, 15) is 4.79 Å². The lowest BCUT2D eigenvalue weighted by Gasteiger charge is -2.08. The molecule has 1 heterocycles. The van der Waals surface area contributed by atoms with Gasteiger partial charge in [0.05, 0.1) is 0 Å². The van der Waals surface area contributed by atoms with Gasteiger partial charge in [0.1, 0.15) is 17.4 Å². The zero-order chi connectivity index (χ0) is 16.2. The number of thiazole rings is 1. The number of rotatable bonds is 5. The van der Waals surface area contributed by atoms with Crippen LogP contribution in [-0.2, 0) is 6.61 Å². The van der Waals surface area contributed by atoms with E-state index in [0.717, 1.165) is 16.8 Å². The van der Waals surface area contributed by atoms with Gasteiger partial charge >= 0.3 is 5.97 Å². The quantitative estimate of drug-likeness (QED) is 0.699. The number of ether oxygens (including phenoxy) is 1. The Balaban J connectivity index is 1.68. The molecule has 3 N–H and O–H groups in total. The Morgan fingerprint density at radius 2 is 1.91 bits per heavy atom. The first kappa shape index (κ1) is 15.1. The SMILES string of the molecule is Nc1ccccc1-c1ccc(OCc2nc(C(=O)O)cs2)cc1. The Hall–Kier alpha value is -2.86. The Bertz CT molecular complexity index is 828. The van der Waals surface area contributed by atoms with Gasteiger partial charge in [0, 0.05) is 16.6 Å². The van der Waals surface area contributed by atoms with Gasteiger partial charge < -0.3 is 15.6 Å². The molecule has 1 aromatic heterocycles. The molecule has 116 valence electrons. The number of aromatic nitrogens is 1. The van der Waals surface area contributed by atoms with Gasteiger partial charge in [-0.15, -0.1) is 11.3 Å². The molecule has 3 rings (SSSR count). The topological polar surface area (TPSA) is 85.4 Å². The van der Waals surface area contributed by atoms with E-state index >= 15 is 0 Å². The van der Waals surface area contributed by atoms with Crippen molar-refractivity contribution in [2.24, 2.45) is 0 Å². The molecule has 0 aliphatic carbocycles. The lowest BCUT2D eigenvalue weighted by molar-refractivity contribution is 0.0691. The molecular weight excluding hydrogens is 312 g/mol. The van der Waals surface area contributed by atoms with Crippen LogP contribution in [0.3, 0.4) is 0 Å². The van der Waals surface area contributed by atoms with Crippen molar-refractivity contribution in [3.8, 4) is 16.9 Å². The van der Waals surface area contributed by atoms with Gasteiger partial charge in [-0.3, -0.25) is 0 Å². The van der Waals surface area contributed by atoms with E-state index in [2.05, 4.69) is 4.98 Å². The van der Waals surface area contributed by atoms with Crippen molar-refractivity contribution < 1.29 is 14.6 Å². The van der Waals surface area contributed by atoms with Crippen LogP contribution in [0.2, 0.25) is 0 Å². The minimum Gasteiger partial charge on any atom is -0.486 e. The Morgan fingerprint density at radius 1 is 1.17 bits per heavy atom. The molecule has 0 saturated carbocycles. The summed E-state index contributed by atoms with van der Waals surface area (Å²) in [6.45, 7) is 0.241. The Labute approximate surface area is 137 Å². The van der Waals surface area contributed by atoms with Crippen LogP contribution in [0.5, 0.6) is 5.75 Å². The maximum Gasteiger partial charge on any atom is 0.355 e. The number of para-hydroxylation sites is 1. The van der Waals surface area contributed by atoms with Gasteiger partial charge in [0.2, 0.25) is 0 Å². The normalized spacial score (nSPS) is 10.4. The summed E-state index contributed by atoms with van der Waals surface area (Å²) in [5.74, 6) is -0.340. The van der Waals surface area contributed by atoms with E-state index in [0.29, 0.717) is 10.8 Å². The highest BCUT2D eigenvalue weighted by atomic mass is 32.1. The lowest BCUT2D eigenvalue weighted by atomic mass is 10.0. The van der Waals surface area contributed by atoms with E-state index in [1.54, 1.807) is 0 Å². The summed E-state index contributed by atoms with van der Waals surface area (Å²) >= 11 is 1.27. The van der Waals surface area contributed by atoms with Crippen molar-refractivity contribution in [3.05, 3.63) is 64.6 Å². The second kappa shape index (κ2) is 6.50. The molecular formula is C17H14N2O3S. The van der Waals surface area contributed by atoms with Crippen LogP contribution < -0.4 is 10.5 Å². The second-order valence-electron chi connectivity index (χ2n) is 4.83. The minimum atomic E-state index is -1.03. The molecule has 0 fully saturated rings. The third kappa shape index (κ3) is 3.49. The molecule has 0 radical (unpaired) electrons. The largest absolute Gasteiger partial charge is 0.486 e. The molecule has 0 bridgehead atoms. The highest BCUT2D eigenvalue weighted by molar-refractivity contribution is 7.09. The molecule has 0 unspecified atom stereocenters. The van der Waals surface area contributed by atoms with Crippen molar-refractivity contribution >= 4 is 23.0 Å². The number of benzene rings is 2. The van der Waals surface area contributed by atoms with Gasteiger partial charge in [0.25, 0.3) is 0 Å². The number of nitrogens with two attached hydrogens (primary N) is 1. The van der Waals surface area contributed by atoms with Crippen LogP contribution in [0, 0.1) is 0 Å². The van der Waals surface area contributed by atoms with E-state index in [1.165, 1.54) is 16.7 Å². The molecule has 0 saturated heterocycles. The van der Waals surface area contributed by atoms with Gasteiger partial charge in [-0.2, -0.15) is 0 Å². The fourth-order valence-electron chi connectivity index (χ4n) is 2.11. The predicted octanol–water partition coefficient (Wildman–Crippen LogP) is 3.67. The van der Waals surface area contributed by atoms with Crippen LogP contribution in [0.1, 0.15) is 15.5 Å². The van der Waals surface area contributed by atoms with E-state index in [4.69, 9.17) is 15.6 Å². The van der Waals surface area contributed by atoms with E-state index in [1.807, 2.05) is 48.5 Å². The van der Waals surface area contributed by atoms with Crippen LogP contribution >= 0.6 is 11.3 Å². The highest BCUT2D eigenvalue weighted by Crippen LogP contribution is 2.27. The Morgan fingerprint density at radius 3 is 2.57 bits per heavy atom. The van der Waals surface area contributed by atoms with Gasteiger partial charge in [-0.25, -0.2) is 9.78 Å². The lowest BCUT2D eigenvalue weighted by Crippen LogP contribution is -1.99. The number of carbonyl (C=O) groups is 1. The molecule has 0 spiro atoms. The summed E-state index contributed by atoms with van der Waals surface area (Å²) in [5.41, 5.74) is 8.73. The summed E-state index contributed by atoms with van der Waals surface area (Å²) in [5, 5.41) is 11.0. The number of hydrogen-bond donors (Lipinski definition) is 2. The minimum absolute atomic E-state index is 0.0449. The van der Waals surface area contributed by atoms with Crippen molar-refractivity contribution in [1.29, 1.82) is 0 Å². The zero-order valence-corrected chi connectivity index (χ0v) is 12.9. The molecule has 2 aromatic carbocycles. The summed E-state index contributed by atoms with van der Waals surface area (Å²) in [4.78, 5) is 14.8. The number of aromatic carboxylic acids is 1. The van der Waals surface area contributed by atoms with Crippen molar-refractivity contribution in [3.63, 3.8) is 0 Å². The number of hydrogen-bond acceptors (Lipinski definition) is 5. The average molecular weight is 326 g/mol. The molecule has 0 aliphatic heterocycles. The first-order chi connectivity index (χ1) is 11.1. The van der Waals surface area contributed by atoms with Crippen LogP contribution in [0.15, 0.2) is 53.9 Å². The third-order valence-electron chi connectivity index (χ3n) is 3.26. The van der Waals surface area contributed by atoms with Crippen molar-refractivity contribution in [2.75, 3.05) is 5.73 Å². The molecule has 5 nitrogen and oxygen atoms in total. The van der Waals surface area contributed by atoms with E-state index < -0.39 is 5.97 Å². The highest BCUT2D eigenvalue weighted by Gasteiger charge is 2.09. The Kier molecular flexibility index (Phi) is 4.25. The molecule has 0 aliphatic rings. The maximum absolute atomic E-state index is 10.8. The molecule has 0 amide bonds. The van der Waals surface area contributed by atoms with Gasteiger partial charge in [-0.1, -0.05) is 30.3 Å². The number of carboxylic acid groups (broad SMARTS) is 1. The molecule has 23 heavy (non-hydrogen) atoms. The number of nitrogen functional groups attached to an aromatic ring is 1. The maximum atomic E-state index is 10.8. The fourth-order valence-corrected chi connectivity index (χ4v) is 2.79. The first-order valence-corrected chi connectivity index (χ1v) is 7.77. The smallest absolute Gasteiger partial charge is 0.355 e. The monoisotopic (exact) mass is 326 g/mol.